The minimum atomic E-state index is -1.67. The Balaban J connectivity index is 1.43. The Bertz CT molecular complexity index is 1030. The molecule has 2 saturated heterocycles. The average molecular weight is 537 g/mol. The van der Waals surface area contributed by atoms with E-state index in [2.05, 4.69) is 0 Å². The molecule has 10 atom stereocenters. The molecule has 2 heterocycles. The van der Waals surface area contributed by atoms with Gasteiger partial charge >= 0.3 is 5.97 Å². The number of aliphatic hydroxyl groups is 6. The zero-order valence-electron chi connectivity index (χ0n) is 20.5. The Morgan fingerprint density at radius 2 is 1.50 bits per heavy atom. The van der Waals surface area contributed by atoms with Crippen LogP contribution >= 0.6 is 0 Å². The molecule has 2 fully saturated rings. The van der Waals surface area contributed by atoms with Crippen molar-refractivity contribution in [3.8, 4) is 5.75 Å². The first-order valence-electron chi connectivity index (χ1n) is 12.1. The van der Waals surface area contributed by atoms with Crippen molar-refractivity contribution in [1.82, 2.24) is 0 Å². The number of benzene rings is 2. The summed E-state index contributed by atoms with van der Waals surface area (Å²) in [5, 5.41) is 60.9. The Hall–Kier alpha value is -2.65. The Labute approximate surface area is 218 Å². The third kappa shape index (κ3) is 6.31. The van der Waals surface area contributed by atoms with Gasteiger partial charge in [-0.25, -0.2) is 4.79 Å². The molecule has 38 heavy (non-hydrogen) atoms. The standard InChI is InChI=1S/C26H32O12/c1-13-18(28)20(30)22(32)25(35-13)38-23-21(31)19(29)17(11-27)37-26(23)36-16-9-7-14(8-10-16)12-34-24(33)15-5-3-2-4-6-15/h2-10,13,17-23,25-32H,11-12H2,1H3. The van der Waals surface area contributed by atoms with E-state index in [1.165, 1.54) is 6.92 Å². The number of carbonyl (C=O) groups is 1. The minimum Gasteiger partial charge on any atom is -0.462 e. The number of hydrogen-bond donors (Lipinski definition) is 6. The molecule has 0 bridgehead atoms. The van der Waals surface area contributed by atoms with Gasteiger partial charge in [-0.05, 0) is 36.8 Å². The minimum absolute atomic E-state index is 0.0143. The van der Waals surface area contributed by atoms with Crippen molar-refractivity contribution in [2.75, 3.05) is 6.61 Å². The molecule has 12 heteroatoms. The summed E-state index contributed by atoms with van der Waals surface area (Å²) >= 11 is 0. The van der Waals surface area contributed by atoms with Gasteiger partial charge in [0.15, 0.2) is 12.4 Å². The fourth-order valence-corrected chi connectivity index (χ4v) is 4.18. The maximum absolute atomic E-state index is 12.1. The first-order chi connectivity index (χ1) is 18.2. The van der Waals surface area contributed by atoms with Crippen molar-refractivity contribution in [2.24, 2.45) is 0 Å². The Morgan fingerprint density at radius 3 is 2.16 bits per heavy atom. The van der Waals surface area contributed by atoms with E-state index >= 15 is 0 Å². The maximum atomic E-state index is 12.1. The molecule has 4 rings (SSSR count). The van der Waals surface area contributed by atoms with Gasteiger partial charge in [-0.15, -0.1) is 0 Å². The molecule has 10 unspecified atom stereocenters. The van der Waals surface area contributed by atoms with E-state index in [0.29, 0.717) is 11.1 Å². The van der Waals surface area contributed by atoms with Crippen LogP contribution in [0.1, 0.15) is 22.8 Å². The number of hydrogen-bond acceptors (Lipinski definition) is 12. The summed E-state index contributed by atoms with van der Waals surface area (Å²) in [6, 6.07) is 15.0. The molecular weight excluding hydrogens is 504 g/mol. The average Bonchev–Trinajstić information content (AvgIpc) is 2.94. The van der Waals surface area contributed by atoms with Crippen LogP contribution in [0.3, 0.4) is 0 Å². The van der Waals surface area contributed by atoms with E-state index in [9.17, 15) is 35.4 Å². The number of rotatable bonds is 8. The van der Waals surface area contributed by atoms with Crippen molar-refractivity contribution in [2.45, 2.75) is 74.9 Å². The molecule has 2 aromatic rings. The second kappa shape index (κ2) is 12.5. The maximum Gasteiger partial charge on any atom is 0.338 e. The fraction of sp³-hybridized carbons (Fsp3) is 0.500. The molecule has 208 valence electrons. The van der Waals surface area contributed by atoms with Gasteiger partial charge < -0.3 is 54.3 Å². The number of carbonyl (C=O) groups excluding carboxylic acids is 1. The van der Waals surface area contributed by atoms with Crippen LogP contribution in [0.25, 0.3) is 0 Å². The van der Waals surface area contributed by atoms with Crippen LogP contribution in [0.2, 0.25) is 0 Å². The van der Waals surface area contributed by atoms with E-state index < -0.39 is 74.0 Å². The summed E-state index contributed by atoms with van der Waals surface area (Å²) in [6.07, 6.45) is -14.2. The first kappa shape index (κ1) is 28.4. The zero-order chi connectivity index (χ0) is 27.4. The lowest BCUT2D eigenvalue weighted by Crippen LogP contribution is -2.64. The summed E-state index contributed by atoms with van der Waals surface area (Å²) < 4.78 is 27.9. The molecular formula is C26H32O12. The molecule has 0 aliphatic carbocycles. The van der Waals surface area contributed by atoms with E-state index in [1.807, 2.05) is 0 Å². The largest absolute Gasteiger partial charge is 0.462 e. The predicted molar refractivity (Wildman–Crippen MR) is 128 cm³/mol. The van der Waals surface area contributed by atoms with Crippen LogP contribution in [-0.4, -0.2) is 105 Å². The molecule has 6 N–H and O–H groups in total. The molecule has 2 aromatic carbocycles. The van der Waals surface area contributed by atoms with Crippen LogP contribution in [-0.2, 0) is 25.6 Å². The van der Waals surface area contributed by atoms with Gasteiger partial charge in [-0.2, -0.15) is 0 Å². The van der Waals surface area contributed by atoms with Crippen LogP contribution in [0.15, 0.2) is 54.6 Å². The first-order valence-corrected chi connectivity index (χ1v) is 12.1. The molecule has 2 aliphatic heterocycles. The second-order valence-electron chi connectivity index (χ2n) is 9.19. The molecule has 0 saturated carbocycles. The Kier molecular flexibility index (Phi) is 9.31. The SMILES string of the molecule is CC1OC(OC2C(Oc3ccc(COC(=O)c4ccccc4)cc3)OC(CO)C(O)C2O)C(O)C(O)C1O. The lowest BCUT2D eigenvalue weighted by Gasteiger charge is -2.45. The topological polar surface area (TPSA) is 185 Å². The van der Waals surface area contributed by atoms with Crippen LogP contribution < -0.4 is 4.74 Å². The van der Waals surface area contributed by atoms with Gasteiger partial charge in [0.1, 0.15) is 49.0 Å². The molecule has 0 radical (unpaired) electrons. The van der Waals surface area contributed by atoms with Crippen molar-refractivity contribution >= 4 is 5.97 Å². The van der Waals surface area contributed by atoms with Crippen molar-refractivity contribution in [3.63, 3.8) is 0 Å². The summed E-state index contributed by atoms with van der Waals surface area (Å²) in [6.45, 7) is 0.856. The van der Waals surface area contributed by atoms with E-state index in [-0.39, 0.29) is 12.4 Å². The van der Waals surface area contributed by atoms with Crippen LogP contribution in [0, 0.1) is 0 Å². The highest BCUT2D eigenvalue weighted by molar-refractivity contribution is 5.89. The highest BCUT2D eigenvalue weighted by atomic mass is 16.8. The summed E-state index contributed by atoms with van der Waals surface area (Å²) in [4.78, 5) is 12.1. The van der Waals surface area contributed by atoms with E-state index in [4.69, 9.17) is 23.7 Å². The Morgan fingerprint density at radius 1 is 0.816 bits per heavy atom. The van der Waals surface area contributed by atoms with Gasteiger partial charge in [-0.1, -0.05) is 30.3 Å². The summed E-state index contributed by atoms with van der Waals surface area (Å²) in [5.74, 6) is -0.209. The van der Waals surface area contributed by atoms with Gasteiger partial charge in [0, 0.05) is 0 Å². The highest BCUT2D eigenvalue weighted by Gasteiger charge is 2.50. The second-order valence-corrected chi connectivity index (χ2v) is 9.19. The molecule has 0 spiro atoms. The zero-order valence-corrected chi connectivity index (χ0v) is 20.5. The summed E-state index contributed by atoms with van der Waals surface area (Å²) in [5.41, 5.74) is 1.10. The van der Waals surface area contributed by atoms with Crippen molar-refractivity contribution in [3.05, 3.63) is 65.7 Å². The van der Waals surface area contributed by atoms with E-state index in [1.54, 1.807) is 54.6 Å². The number of esters is 1. The highest BCUT2D eigenvalue weighted by Crippen LogP contribution is 2.30. The van der Waals surface area contributed by atoms with Crippen molar-refractivity contribution < 1.29 is 59.1 Å². The summed E-state index contributed by atoms with van der Waals surface area (Å²) in [7, 11) is 0. The molecule has 0 amide bonds. The third-order valence-corrected chi connectivity index (χ3v) is 6.48. The molecule has 2 aliphatic rings. The van der Waals surface area contributed by atoms with Gasteiger partial charge in [0.25, 0.3) is 0 Å². The lowest BCUT2D eigenvalue weighted by molar-refractivity contribution is -0.354. The third-order valence-electron chi connectivity index (χ3n) is 6.48. The van der Waals surface area contributed by atoms with Crippen LogP contribution in [0.5, 0.6) is 5.75 Å². The fourth-order valence-electron chi connectivity index (χ4n) is 4.18. The molecule has 12 nitrogen and oxygen atoms in total. The van der Waals surface area contributed by atoms with Crippen LogP contribution in [0.4, 0.5) is 0 Å². The van der Waals surface area contributed by atoms with E-state index in [0.717, 1.165) is 0 Å². The predicted octanol–water partition coefficient (Wildman–Crippen LogP) is -0.926. The van der Waals surface area contributed by atoms with Gasteiger partial charge in [0.05, 0.1) is 18.3 Å². The quantitative estimate of drug-likeness (QED) is 0.228. The van der Waals surface area contributed by atoms with Gasteiger partial charge in [0.2, 0.25) is 6.29 Å². The smallest absolute Gasteiger partial charge is 0.338 e. The lowest BCUT2D eigenvalue weighted by atomic mass is 9.97. The number of aliphatic hydroxyl groups excluding tert-OH is 6. The normalized spacial score (nSPS) is 35.4. The van der Waals surface area contributed by atoms with Crippen molar-refractivity contribution in [1.29, 1.82) is 0 Å². The monoisotopic (exact) mass is 536 g/mol. The molecule has 0 aromatic heterocycles. The number of ether oxygens (including phenoxy) is 5. The van der Waals surface area contributed by atoms with Gasteiger partial charge in [-0.3, -0.25) is 0 Å².